The molecule has 364 valence electrons. The van der Waals surface area contributed by atoms with E-state index in [1.807, 2.05) is 0 Å². The van der Waals surface area contributed by atoms with Gasteiger partial charge in [0.1, 0.15) is 0 Å². The molecule has 1 fully saturated rings. The first-order chi connectivity index (χ1) is 30.1. The number of carbonyl (C=O) groups excluding carboxylic acids is 1. The van der Waals surface area contributed by atoms with Crippen LogP contribution in [0, 0.1) is 5.92 Å². The zero-order valence-electron chi connectivity index (χ0n) is 42.9. The molecule has 0 saturated carbocycles. The molecule has 0 N–H and O–H groups in total. The molecule has 1 rings (SSSR count). The van der Waals surface area contributed by atoms with Gasteiger partial charge in [0.15, 0.2) is 0 Å². The van der Waals surface area contributed by atoms with E-state index in [1.165, 1.54) is 277 Å². The maximum atomic E-state index is 14.2. The molecule has 5 nitrogen and oxygen atoms in total. The van der Waals surface area contributed by atoms with Crippen molar-refractivity contribution in [2.45, 2.75) is 279 Å². The van der Waals surface area contributed by atoms with Gasteiger partial charge < -0.3 is 14.7 Å². The number of piperidine rings is 1. The highest BCUT2D eigenvalue weighted by Gasteiger charge is 2.25. The van der Waals surface area contributed by atoms with E-state index in [9.17, 15) is 4.79 Å². The Bertz CT molecular complexity index is 847. The molecule has 0 aromatic rings. The molecular formula is C56H114N4O. The van der Waals surface area contributed by atoms with E-state index in [2.05, 4.69) is 54.2 Å². The second-order valence-electron chi connectivity index (χ2n) is 20.2. The highest BCUT2D eigenvalue weighted by atomic mass is 16.2. The molecular weight excluding hydrogens is 745 g/mol. The summed E-state index contributed by atoms with van der Waals surface area (Å²) < 4.78 is 0. The van der Waals surface area contributed by atoms with Crippen molar-refractivity contribution in [2.24, 2.45) is 5.92 Å². The zero-order valence-corrected chi connectivity index (χ0v) is 42.9. The molecule has 0 aliphatic carbocycles. The lowest BCUT2D eigenvalue weighted by Crippen LogP contribution is -2.47. The smallest absolute Gasteiger partial charge is 0.236 e. The maximum Gasteiger partial charge on any atom is 0.236 e. The summed E-state index contributed by atoms with van der Waals surface area (Å²) in [6.45, 7) is 23.7. The van der Waals surface area contributed by atoms with Crippen molar-refractivity contribution >= 4 is 5.91 Å². The van der Waals surface area contributed by atoms with E-state index >= 15 is 0 Å². The van der Waals surface area contributed by atoms with Crippen LogP contribution in [0.5, 0.6) is 0 Å². The van der Waals surface area contributed by atoms with E-state index in [4.69, 9.17) is 0 Å². The Morgan fingerprint density at radius 3 is 1.03 bits per heavy atom. The third-order valence-electron chi connectivity index (χ3n) is 14.2. The minimum absolute atomic E-state index is 0.418. The quantitative estimate of drug-likeness (QED) is 0.0570. The Balaban J connectivity index is 2.80. The lowest BCUT2D eigenvalue weighted by molar-refractivity contribution is -0.134. The summed E-state index contributed by atoms with van der Waals surface area (Å²) in [5.74, 6) is 1.08. The predicted octanol–water partition coefficient (Wildman–Crippen LogP) is 16.3. The summed E-state index contributed by atoms with van der Waals surface area (Å²) in [5, 5.41) is 0. The summed E-state index contributed by atoms with van der Waals surface area (Å²) >= 11 is 0. The largest absolute Gasteiger partial charge is 0.341 e. The number of hydrogen-bond donors (Lipinski definition) is 0. The average molecular weight is 860 g/mol. The van der Waals surface area contributed by atoms with Crippen molar-refractivity contribution < 1.29 is 4.79 Å². The van der Waals surface area contributed by atoms with Crippen LogP contribution in [0.25, 0.3) is 0 Å². The molecule has 0 aromatic heterocycles. The first-order valence-electron chi connectivity index (χ1n) is 28.5. The third kappa shape index (κ3) is 37.3. The Morgan fingerprint density at radius 2 is 0.672 bits per heavy atom. The Hall–Kier alpha value is -0.650. The lowest BCUT2D eigenvalue weighted by Gasteiger charge is -2.36. The average Bonchev–Trinajstić information content (AvgIpc) is 3.27. The lowest BCUT2D eigenvalue weighted by atomic mass is 9.94. The first-order valence-corrected chi connectivity index (χ1v) is 28.5. The third-order valence-corrected chi connectivity index (χ3v) is 14.2. The molecule has 1 aliphatic heterocycles. The Morgan fingerprint density at radius 1 is 0.377 bits per heavy atom. The number of hydrogen-bond acceptors (Lipinski definition) is 4. The molecule has 1 unspecified atom stereocenters. The van der Waals surface area contributed by atoms with E-state index in [-0.39, 0.29) is 0 Å². The molecule has 1 saturated heterocycles. The monoisotopic (exact) mass is 859 g/mol. The Kier molecular flexibility index (Phi) is 43.9. The summed E-state index contributed by atoms with van der Waals surface area (Å²) in [4.78, 5) is 24.7. The van der Waals surface area contributed by atoms with Crippen LogP contribution in [-0.2, 0) is 4.79 Å². The summed E-state index contributed by atoms with van der Waals surface area (Å²) in [6, 6.07) is 0. The van der Waals surface area contributed by atoms with Crippen molar-refractivity contribution in [2.75, 3.05) is 72.0 Å². The summed E-state index contributed by atoms with van der Waals surface area (Å²) in [6.07, 6.45) is 52.0. The Labute approximate surface area is 385 Å². The van der Waals surface area contributed by atoms with Crippen LogP contribution in [0.1, 0.15) is 279 Å². The number of rotatable bonds is 48. The van der Waals surface area contributed by atoms with Gasteiger partial charge in [-0.15, -0.1) is 0 Å². The topological polar surface area (TPSA) is 30.0 Å². The van der Waals surface area contributed by atoms with Gasteiger partial charge in [0, 0.05) is 26.2 Å². The number of nitrogens with zero attached hydrogens (tertiary/aromatic N) is 4. The normalized spacial score (nSPS) is 14.7. The number of likely N-dealkylation sites (tertiary alicyclic amines) is 1. The van der Waals surface area contributed by atoms with E-state index in [1.54, 1.807) is 0 Å². The molecule has 1 amide bonds. The zero-order chi connectivity index (χ0) is 44.1. The highest BCUT2D eigenvalue weighted by Crippen LogP contribution is 2.22. The minimum Gasteiger partial charge on any atom is -0.341 e. The SMILES string of the molecule is CCCCCCCCCN(CCCCCCCCC)CCC1CCCN(C(=O)CN(CCCCCCCCC)CCN(CCCCCCCCC)CCCCCCCCC)C1. The van der Waals surface area contributed by atoms with Gasteiger partial charge in [0.25, 0.3) is 0 Å². The fourth-order valence-corrected chi connectivity index (χ4v) is 9.87. The van der Waals surface area contributed by atoms with Gasteiger partial charge in [0.2, 0.25) is 5.91 Å². The number of amides is 1. The van der Waals surface area contributed by atoms with Gasteiger partial charge in [-0.25, -0.2) is 0 Å². The van der Waals surface area contributed by atoms with E-state index < -0.39 is 0 Å². The molecule has 1 aliphatic rings. The number of carbonyl (C=O) groups is 1. The maximum absolute atomic E-state index is 14.2. The standard InChI is InChI=1S/C56H114N4O/c1-6-11-16-21-26-31-36-44-57(45-37-32-27-22-17-12-7-2)50-43-55-42-41-49-60(53-55)56(61)54-59(48-40-35-30-25-20-15-10-5)52-51-58(46-38-33-28-23-18-13-8-3)47-39-34-29-24-19-14-9-4/h55H,6-54H2,1-5H3. The van der Waals surface area contributed by atoms with Crippen molar-refractivity contribution in [1.29, 1.82) is 0 Å². The predicted molar refractivity (Wildman–Crippen MR) is 273 cm³/mol. The van der Waals surface area contributed by atoms with Crippen LogP contribution in [0.3, 0.4) is 0 Å². The van der Waals surface area contributed by atoms with Crippen LogP contribution in [-0.4, -0.2) is 97.5 Å². The second-order valence-corrected chi connectivity index (χ2v) is 20.2. The minimum atomic E-state index is 0.418. The fraction of sp³-hybridized carbons (Fsp3) is 0.982. The van der Waals surface area contributed by atoms with E-state index in [0.717, 1.165) is 32.7 Å². The van der Waals surface area contributed by atoms with Crippen molar-refractivity contribution in [3.05, 3.63) is 0 Å². The van der Waals surface area contributed by atoms with Gasteiger partial charge in [-0.3, -0.25) is 9.69 Å². The summed E-state index contributed by atoms with van der Waals surface area (Å²) in [5.41, 5.74) is 0. The molecule has 61 heavy (non-hydrogen) atoms. The molecule has 1 atom stereocenters. The fourth-order valence-electron chi connectivity index (χ4n) is 9.87. The molecule has 5 heteroatoms. The van der Waals surface area contributed by atoms with E-state index in [0.29, 0.717) is 18.4 Å². The van der Waals surface area contributed by atoms with Crippen molar-refractivity contribution in [3.8, 4) is 0 Å². The molecule has 0 radical (unpaired) electrons. The highest BCUT2D eigenvalue weighted by molar-refractivity contribution is 5.78. The van der Waals surface area contributed by atoms with Gasteiger partial charge >= 0.3 is 0 Å². The van der Waals surface area contributed by atoms with Crippen LogP contribution in [0.4, 0.5) is 0 Å². The number of unbranched alkanes of at least 4 members (excludes halogenated alkanes) is 30. The molecule has 0 spiro atoms. The van der Waals surface area contributed by atoms with Gasteiger partial charge in [-0.1, -0.05) is 227 Å². The van der Waals surface area contributed by atoms with Crippen LogP contribution < -0.4 is 0 Å². The van der Waals surface area contributed by atoms with Gasteiger partial charge in [-0.2, -0.15) is 0 Å². The molecule has 0 bridgehead atoms. The van der Waals surface area contributed by atoms with Crippen molar-refractivity contribution in [1.82, 2.24) is 19.6 Å². The van der Waals surface area contributed by atoms with Crippen LogP contribution in [0.2, 0.25) is 0 Å². The van der Waals surface area contributed by atoms with Crippen molar-refractivity contribution in [3.63, 3.8) is 0 Å². The molecule has 0 aromatic carbocycles. The summed E-state index contributed by atoms with van der Waals surface area (Å²) in [7, 11) is 0. The first kappa shape index (κ1) is 58.4. The van der Waals surface area contributed by atoms with Crippen LogP contribution >= 0.6 is 0 Å². The molecule has 1 heterocycles. The second kappa shape index (κ2) is 45.9. The van der Waals surface area contributed by atoms with Gasteiger partial charge in [0.05, 0.1) is 6.54 Å². The van der Waals surface area contributed by atoms with Gasteiger partial charge in [-0.05, 0) is 96.6 Å². The van der Waals surface area contributed by atoms with Crippen LogP contribution in [0.15, 0.2) is 0 Å².